The Labute approximate surface area is 227 Å². The van der Waals surface area contributed by atoms with Gasteiger partial charge in [-0.05, 0) is 37.1 Å². The first-order valence-corrected chi connectivity index (χ1v) is 13.0. The summed E-state index contributed by atoms with van der Waals surface area (Å²) in [5.41, 5.74) is 2.69. The minimum absolute atomic E-state index is 0.00382. The number of aliphatic hydroxyl groups is 1. The number of hydrogen-bond acceptors (Lipinski definition) is 6. The van der Waals surface area contributed by atoms with Crippen molar-refractivity contribution >= 4 is 40.0 Å². The molecule has 1 amide bonds. The van der Waals surface area contributed by atoms with Crippen molar-refractivity contribution in [3.8, 4) is 5.75 Å². The second-order valence-corrected chi connectivity index (χ2v) is 10.4. The van der Waals surface area contributed by atoms with E-state index in [1.807, 2.05) is 9.47 Å². The molecule has 2 aliphatic rings. The molecule has 1 saturated heterocycles. The Kier molecular flexibility index (Phi) is 7.88. The summed E-state index contributed by atoms with van der Waals surface area (Å²) in [5.74, 6) is -1.58. The molecule has 0 spiro atoms. The van der Waals surface area contributed by atoms with Crippen molar-refractivity contribution in [2.75, 3.05) is 39.3 Å². The van der Waals surface area contributed by atoms with Gasteiger partial charge in [0.25, 0.3) is 5.91 Å². The number of β-amino-alcohol motifs (C(OH)–C–C–N with tert-alkyl or cyclic N) is 1. The first-order valence-electron chi connectivity index (χ1n) is 12.3. The maximum atomic E-state index is 14.1. The highest BCUT2D eigenvalue weighted by Gasteiger charge is 2.28. The largest absolute Gasteiger partial charge is 0.491 e. The summed E-state index contributed by atoms with van der Waals surface area (Å²) in [7, 11) is 0. The summed E-state index contributed by atoms with van der Waals surface area (Å²) < 4.78 is 35.0. The Bertz CT molecular complexity index is 1420. The fraction of sp³-hybridized carbons (Fsp3) is 0.385. The Balaban J connectivity index is 1.17. The normalized spacial score (nSPS) is 17.5. The minimum atomic E-state index is -0.803. The Hall–Kier alpha value is -2.76. The van der Waals surface area contributed by atoms with Gasteiger partial charge in [-0.1, -0.05) is 23.2 Å². The van der Waals surface area contributed by atoms with Crippen molar-refractivity contribution in [2.24, 2.45) is 0 Å². The van der Waals surface area contributed by atoms with E-state index in [0.29, 0.717) is 38.2 Å². The van der Waals surface area contributed by atoms with Crippen LogP contribution in [0.4, 0.5) is 8.78 Å². The SMILES string of the molecule is O=C(NN1CCN(C[C@H](O)COc2ccc(Cl)c(F)c2)CC1)c1cn(C2CC2)c2cc(Cl)c(F)cc2c1=O. The van der Waals surface area contributed by atoms with Crippen molar-refractivity contribution in [3.63, 3.8) is 0 Å². The van der Waals surface area contributed by atoms with Crippen molar-refractivity contribution in [3.05, 3.63) is 74.0 Å². The maximum absolute atomic E-state index is 14.1. The van der Waals surface area contributed by atoms with Gasteiger partial charge in [0.05, 0.1) is 15.6 Å². The first kappa shape index (κ1) is 26.8. The van der Waals surface area contributed by atoms with E-state index < -0.39 is 29.1 Å². The Morgan fingerprint density at radius 2 is 1.79 bits per heavy atom. The maximum Gasteiger partial charge on any atom is 0.271 e. The fourth-order valence-electron chi connectivity index (χ4n) is 4.52. The fourth-order valence-corrected chi connectivity index (χ4v) is 4.79. The van der Waals surface area contributed by atoms with Crippen LogP contribution in [0.1, 0.15) is 29.2 Å². The van der Waals surface area contributed by atoms with Crippen LogP contribution in [0.5, 0.6) is 5.75 Å². The van der Waals surface area contributed by atoms with Crippen molar-refractivity contribution in [1.29, 1.82) is 0 Å². The second kappa shape index (κ2) is 11.2. The Morgan fingerprint density at radius 3 is 2.47 bits per heavy atom. The molecule has 1 aliphatic carbocycles. The number of benzene rings is 2. The molecule has 1 atom stereocenters. The van der Waals surface area contributed by atoms with Crippen LogP contribution in [-0.2, 0) is 0 Å². The first-order chi connectivity index (χ1) is 18.2. The zero-order chi connectivity index (χ0) is 27.0. The smallest absolute Gasteiger partial charge is 0.271 e. The number of carbonyl (C=O) groups excluding carboxylic acids is 1. The zero-order valence-corrected chi connectivity index (χ0v) is 21.8. The molecule has 2 aromatic carbocycles. The lowest BCUT2D eigenvalue weighted by Crippen LogP contribution is -2.55. The number of fused-ring (bicyclic) bond motifs is 1. The molecule has 2 heterocycles. The molecule has 0 unspecified atom stereocenters. The van der Waals surface area contributed by atoms with Crippen LogP contribution >= 0.6 is 23.2 Å². The van der Waals surface area contributed by atoms with Crippen molar-refractivity contribution < 1.29 is 23.4 Å². The lowest BCUT2D eigenvalue weighted by Gasteiger charge is -2.35. The number of aliphatic hydroxyl groups excluding tert-OH is 1. The molecule has 0 radical (unpaired) electrons. The van der Waals surface area contributed by atoms with E-state index in [9.17, 15) is 23.5 Å². The van der Waals surface area contributed by atoms with Crippen molar-refractivity contribution in [2.45, 2.75) is 25.0 Å². The van der Waals surface area contributed by atoms with E-state index in [2.05, 4.69) is 5.43 Å². The molecule has 0 bridgehead atoms. The minimum Gasteiger partial charge on any atom is -0.491 e. The van der Waals surface area contributed by atoms with Gasteiger partial charge in [-0.2, -0.15) is 0 Å². The molecule has 12 heteroatoms. The van der Waals surface area contributed by atoms with Crippen LogP contribution in [-0.4, -0.2) is 70.9 Å². The lowest BCUT2D eigenvalue weighted by atomic mass is 10.1. The van der Waals surface area contributed by atoms with Gasteiger partial charge in [0.1, 0.15) is 35.7 Å². The van der Waals surface area contributed by atoms with E-state index in [1.54, 1.807) is 5.01 Å². The molecule has 5 rings (SSSR count). The lowest BCUT2D eigenvalue weighted by molar-refractivity contribution is 0.0316. The highest BCUT2D eigenvalue weighted by Crippen LogP contribution is 2.37. The number of aromatic nitrogens is 1. The molecule has 202 valence electrons. The zero-order valence-electron chi connectivity index (χ0n) is 20.3. The van der Waals surface area contributed by atoms with Gasteiger partial charge in [0.15, 0.2) is 0 Å². The van der Waals surface area contributed by atoms with E-state index >= 15 is 0 Å². The summed E-state index contributed by atoms with van der Waals surface area (Å²) in [4.78, 5) is 28.1. The molecule has 1 aliphatic heterocycles. The predicted octanol–water partition coefficient (Wildman–Crippen LogP) is 3.62. The highest BCUT2D eigenvalue weighted by atomic mass is 35.5. The summed E-state index contributed by atoms with van der Waals surface area (Å²) in [6.45, 7) is 2.37. The third kappa shape index (κ3) is 5.94. The summed E-state index contributed by atoms with van der Waals surface area (Å²) >= 11 is 11.6. The van der Waals surface area contributed by atoms with Crippen LogP contribution in [0.15, 0.2) is 41.3 Å². The summed E-state index contributed by atoms with van der Waals surface area (Å²) in [5, 5.41) is 12.1. The highest BCUT2D eigenvalue weighted by molar-refractivity contribution is 6.31. The Morgan fingerprint density at radius 1 is 1.08 bits per heavy atom. The van der Waals surface area contributed by atoms with Crippen LogP contribution in [0, 0.1) is 11.6 Å². The van der Waals surface area contributed by atoms with E-state index in [1.165, 1.54) is 24.4 Å². The monoisotopic (exact) mass is 566 g/mol. The number of piperazine rings is 1. The molecule has 38 heavy (non-hydrogen) atoms. The quantitative estimate of drug-likeness (QED) is 0.433. The number of hydrogen-bond donors (Lipinski definition) is 2. The van der Waals surface area contributed by atoms with Gasteiger partial charge in [-0.25, -0.2) is 13.8 Å². The number of ether oxygens (including phenoxy) is 1. The number of pyridine rings is 1. The third-order valence-corrected chi connectivity index (χ3v) is 7.29. The van der Waals surface area contributed by atoms with Crippen molar-refractivity contribution in [1.82, 2.24) is 19.9 Å². The predicted molar refractivity (Wildman–Crippen MR) is 140 cm³/mol. The molecule has 2 fully saturated rings. The average Bonchev–Trinajstić information content (AvgIpc) is 3.73. The number of hydrazine groups is 1. The van der Waals surface area contributed by atoms with Gasteiger partial charge < -0.3 is 14.4 Å². The molecule has 1 saturated carbocycles. The summed E-state index contributed by atoms with van der Waals surface area (Å²) in [6, 6.07) is 6.74. The van der Waals surface area contributed by atoms with Crippen LogP contribution in [0.2, 0.25) is 10.0 Å². The third-order valence-electron chi connectivity index (χ3n) is 6.69. The number of amides is 1. The molecular weight excluding hydrogens is 541 g/mol. The topological polar surface area (TPSA) is 87.0 Å². The standard InChI is InChI=1S/C26H26Cl2F2N4O4/c27-20-4-3-17(9-22(20)29)38-14-16(35)12-32-5-7-33(8-6-32)31-26(37)19-13-34(15-1-2-15)24-11-21(28)23(30)10-18(24)25(19)36/h3-4,9-11,13,15-16,35H,1-2,5-8,12,14H2,(H,31,37)/t16-/m0/s1. The van der Waals surface area contributed by atoms with Gasteiger partial charge in [0, 0.05) is 56.4 Å². The molecule has 1 aromatic heterocycles. The van der Waals surface area contributed by atoms with Gasteiger partial charge in [0.2, 0.25) is 5.43 Å². The van der Waals surface area contributed by atoms with Gasteiger partial charge >= 0.3 is 0 Å². The van der Waals surface area contributed by atoms with Crippen LogP contribution < -0.4 is 15.6 Å². The molecule has 3 aromatic rings. The van der Waals surface area contributed by atoms with Gasteiger partial charge in [-0.15, -0.1) is 0 Å². The average molecular weight is 567 g/mol. The molecule has 8 nitrogen and oxygen atoms in total. The van der Waals surface area contributed by atoms with Crippen LogP contribution in [0.3, 0.4) is 0 Å². The van der Waals surface area contributed by atoms with E-state index in [0.717, 1.165) is 25.0 Å². The number of halogens is 4. The van der Waals surface area contributed by atoms with E-state index in [4.69, 9.17) is 27.9 Å². The number of carbonyl (C=O) groups is 1. The van der Waals surface area contributed by atoms with Gasteiger partial charge in [-0.3, -0.25) is 19.9 Å². The summed E-state index contributed by atoms with van der Waals surface area (Å²) in [6.07, 6.45) is 2.54. The molecular formula is C26H26Cl2F2N4O4. The second-order valence-electron chi connectivity index (χ2n) is 9.56. The number of nitrogens with zero attached hydrogens (tertiary/aromatic N) is 3. The van der Waals surface area contributed by atoms with Crippen LogP contribution in [0.25, 0.3) is 10.9 Å². The molecule has 2 N–H and O–H groups in total. The number of nitrogens with one attached hydrogen (secondary N) is 1. The number of rotatable bonds is 8. The van der Waals surface area contributed by atoms with E-state index in [-0.39, 0.29) is 39.4 Å².